The lowest BCUT2D eigenvalue weighted by molar-refractivity contribution is -0.153. The van der Waals surface area contributed by atoms with Crippen molar-refractivity contribution in [1.29, 1.82) is 0 Å². The molecule has 0 aliphatic carbocycles. The average molecular weight is 371 g/mol. The summed E-state index contributed by atoms with van der Waals surface area (Å²) in [6, 6.07) is 12.9. The average Bonchev–Trinajstić information content (AvgIpc) is 2.66. The Morgan fingerprint density at radius 2 is 1.78 bits per heavy atom. The van der Waals surface area contributed by atoms with Gasteiger partial charge in [-0.25, -0.2) is 0 Å². The van der Waals surface area contributed by atoms with Crippen LogP contribution in [0.5, 0.6) is 11.5 Å². The summed E-state index contributed by atoms with van der Waals surface area (Å²) in [5.41, 5.74) is 2.63. The van der Waals surface area contributed by atoms with E-state index in [2.05, 4.69) is 5.32 Å². The first-order valence-electron chi connectivity index (χ1n) is 8.71. The molecule has 0 aromatic heterocycles. The molecule has 0 saturated carbocycles. The Hall–Kier alpha value is -3.02. The molecule has 0 spiro atoms. The Morgan fingerprint density at radius 3 is 2.44 bits per heavy atom. The second-order valence-electron chi connectivity index (χ2n) is 6.18. The van der Waals surface area contributed by atoms with E-state index in [1.54, 1.807) is 33.3 Å². The van der Waals surface area contributed by atoms with Crippen molar-refractivity contribution in [2.75, 3.05) is 19.5 Å². The van der Waals surface area contributed by atoms with Crippen LogP contribution in [0.15, 0.2) is 42.5 Å². The molecular weight excluding hydrogens is 346 g/mol. The fraction of sp³-hybridized carbons (Fsp3) is 0.333. The van der Waals surface area contributed by atoms with Gasteiger partial charge in [0, 0.05) is 12.1 Å². The zero-order valence-corrected chi connectivity index (χ0v) is 16.1. The van der Waals surface area contributed by atoms with Crippen LogP contribution in [0.2, 0.25) is 0 Å². The van der Waals surface area contributed by atoms with Crippen molar-refractivity contribution in [2.45, 2.75) is 32.8 Å². The molecule has 144 valence electrons. The molecule has 0 aliphatic heterocycles. The predicted octanol–water partition coefficient (Wildman–Crippen LogP) is 3.52. The summed E-state index contributed by atoms with van der Waals surface area (Å²) in [7, 11) is 3.13. The lowest BCUT2D eigenvalue weighted by Crippen LogP contribution is -2.30. The molecule has 1 amide bonds. The van der Waals surface area contributed by atoms with Crippen LogP contribution in [0, 0.1) is 6.92 Å². The van der Waals surface area contributed by atoms with Crippen LogP contribution in [0.3, 0.4) is 0 Å². The number of hydrogen-bond donors (Lipinski definition) is 1. The number of carbonyl (C=O) groups excluding carboxylic acids is 2. The summed E-state index contributed by atoms with van der Waals surface area (Å²) in [6.45, 7) is 3.49. The summed E-state index contributed by atoms with van der Waals surface area (Å²) in [6.07, 6.45) is -0.230. The van der Waals surface area contributed by atoms with E-state index in [0.29, 0.717) is 23.6 Å². The summed E-state index contributed by atoms with van der Waals surface area (Å²) < 4.78 is 15.7. The van der Waals surface area contributed by atoms with Crippen LogP contribution >= 0.6 is 0 Å². The van der Waals surface area contributed by atoms with Gasteiger partial charge in [-0.15, -0.1) is 0 Å². The van der Waals surface area contributed by atoms with Crippen molar-refractivity contribution in [3.05, 3.63) is 53.6 Å². The Balaban J connectivity index is 1.85. The minimum atomic E-state index is -0.872. The molecule has 2 rings (SSSR count). The number of rotatable bonds is 8. The van der Waals surface area contributed by atoms with Crippen molar-refractivity contribution >= 4 is 17.6 Å². The van der Waals surface area contributed by atoms with Crippen molar-refractivity contribution < 1.29 is 23.8 Å². The molecule has 27 heavy (non-hydrogen) atoms. The summed E-state index contributed by atoms with van der Waals surface area (Å²) in [5.74, 6) is 0.441. The highest BCUT2D eigenvalue weighted by Gasteiger charge is 2.18. The second kappa shape index (κ2) is 9.62. The minimum Gasteiger partial charge on any atom is -0.493 e. The lowest BCUT2D eigenvalue weighted by Gasteiger charge is -2.14. The molecule has 0 unspecified atom stereocenters. The Bertz CT molecular complexity index is 803. The van der Waals surface area contributed by atoms with E-state index in [4.69, 9.17) is 14.2 Å². The van der Waals surface area contributed by atoms with Crippen LogP contribution < -0.4 is 14.8 Å². The van der Waals surface area contributed by atoms with E-state index in [-0.39, 0.29) is 12.3 Å². The van der Waals surface area contributed by atoms with Gasteiger partial charge >= 0.3 is 5.97 Å². The van der Waals surface area contributed by atoms with Crippen LogP contribution in [0.1, 0.15) is 24.5 Å². The SMILES string of the molecule is COc1ccc(CCC(=O)O[C@H](C)C(=O)Nc2cccc(C)c2)cc1OC. The molecule has 0 saturated heterocycles. The van der Waals surface area contributed by atoms with Crippen LogP contribution in [0.25, 0.3) is 0 Å². The third kappa shape index (κ3) is 6.02. The van der Waals surface area contributed by atoms with Crippen molar-refractivity contribution in [1.82, 2.24) is 0 Å². The molecule has 0 radical (unpaired) electrons. The van der Waals surface area contributed by atoms with Gasteiger partial charge in [-0.05, 0) is 55.7 Å². The van der Waals surface area contributed by atoms with Gasteiger partial charge in [0.2, 0.25) is 0 Å². The summed E-state index contributed by atoms with van der Waals surface area (Å²) >= 11 is 0. The van der Waals surface area contributed by atoms with E-state index < -0.39 is 12.1 Å². The van der Waals surface area contributed by atoms with E-state index >= 15 is 0 Å². The molecule has 1 atom stereocenters. The maximum atomic E-state index is 12.2. The highest BCUT2D eigenvalue weighted by Crippen LogP contribution is 2.28. The maximum absolute atomic E-state index is 12.2. The zero-order chi connectivity index (χ0) is 19.8. The summed E-state index contributed by atoms with van der Waals surface area (Å²) in [4.78, 5) is 24.2. The quantitative estimate of drug-likeness (QED) is 0.719. The molecule has 1 N–H and O–H groups in total. The molecule has 0 aliphatic rings. The molecule has 0 heterocycles. The number of methoxy groups -OCH3 is 2. The fourth-order valence-corrected chi connectivity index (χ4v) is 2.56. The van der Waals surface area contributed by atoms with Crippen molar-refractivity contribution in [3.63, 3.8) is 0 Å². The van der Waals surface area contributed by atoms with Crippen molar-refractivity contribution in [2.24, 2.45) is 0 Å². The molecular formula is C21H25NO5. The lowest BCUT2D eigenvalue weighted by atomic mass is 10.1. The topological polar surface area (TPSA) is 73.9 Å². The normalized spacial score (nSPS) is 11.4. The van der Waals surface area contributed by atoms with Gasteiger partial charge < -0.3 is 19.5 Å². The number of amides is 1. The van der Waals surface area contributed by atoms with Crippen molar-refractivity contribution in [3.8, 4) is 11.5 Å². The van der Waals surface area contributed by atoms with Crippen LogP contribution in [0.4, 0.5) is 5.69 Å². The van der Waals surface area contributed by atoms with Gasteiger partial charge in [-0.3, -0.25) is 9.59 Å². The standard InChI is InChI=1S/C21H25NO5/c1-14-6-5-7-17(12-14)22-21(24)15(2)27-20(23)11-9-16-8-10-18(25-3)19(13-16)26-4/h5-8,10,12-13,15H,9,11H2,1-4H3,(H,22,24)/t15-/m1/s1. The maximum Gasteiger partial charge on any atom is 0.306 e. The number of esters is 1. The molecule has 2 aromatic carbocycles. The number of benzene rings is 2. The van der Waals surface area contributed by atoms with Gasteiger partial charge in [-0.2, -0.15) is 0 Å². The van der Waals surface area contributed by atoms with E-state index in [0.717, 1.165) is 11.1 Å². The first-order chi connectivity index (χ1) is 12.9. The van der Waals surface area contributed by atoms with Gasteiger partial charge in [0.25, 0.3) is 5.91 Å². The first-order valence-corrected chi connectivity index (χ1v) is 8.71. The van der Waals surface area contributed by atoms with Gasteiger partial charge in [-0.1, -0.05) is 18.2 Å². The summed E-state index contributed by atoms with van der Waals surface area (Å²) in [5, 5.41) is 2.74. The molecule has 0 fully saturated rings. The molecule has 0 bridgehead atoms. The van der Waals surface area contributed by atoms with E-state index in [1.807, 2.05) is 37.3 Å². The van der Waals surface area contributed by atoms with Crippen LogP contribution in [-0.4, -0.2) is 32.2 Å². The fourth-order valence-electron chi connectivity index (χ4n) is 2.56. The number of nitrogens with one attached hydrogen (secondary N) is 1. The minimum absolute atomic E-state index is 0.164. The zero-order valence-electron chi connectivity index (χ0n) is 16.1. The second-order valence-corrected chi connectivity index (χ2v) is 6.18. The Labute approximate surface area is 159 Å². The first kappa shape index (κ1) is 20.3. The monoisotopic (exact) mass is 371 g/mol. The smallest absolute Gasteiger partial charge is 0.306 e. The van der Waals surface area contributed by atoms with Crippen LogP contribution in [-0.2, 0) is 20.7 Å². The third-order valence-electron chi connectivity index (χ3n) is 4.03. The molecule has 6 heteroatoms. The van der Waals surface area contributed by atoms with Gasteiger partial charge in [0.1, 0.15) is 0 Å². The highest BCUT2D eigenvalue weighted by molar-refractivity contribution is 5.95. The number of anilines is 1. The molecule has 2 aromatic rings. The number of carbonyl (C=O) groups is 2. The number of ether oxygens (including phenoxy) is 3. The van der Waals surface area contributed by atoms with Gasteiger partial charge in [0.15, 0.2) is 17.6 Å². The Kier molecular flexibility index (Phi) is 7.23. The largest absolute Gasteiger partial charge is 0.493 e. The number of aryl methyl sites for hydroxylation is 2. The van der Waals surface area contributed by atoms with E-state index in [1.165, 1.54) is 0 Å². The Morgan fingerprint density at radius 1 is 1.04 bits per heavy atom. The van der Waals surface area contributed by atoms with E-state index in [9.17, 15) is 9.59 Å². The highest BCUT2D eigenvalue weighted by atomic mass is 16.5. The van der Waals surface area contributed by atoms with Gasteiger partial charge in [0.05, 0.1) is 14.2 Å². The predicted molar refractivity (Wildman–Crippen MR) is 103 cm³/mol. The number of hydrogen-bond acceptors (Lipinski definition) is 5. The molecule has 6 nitrogen and oxygen atoms in total. The third-order valence-corrected chi connectivity index (χ3v) is 4.03.